The van der Waals surface area contributed by atoms with Crippen LogP contribution in [0.15, 0.2) is 64.2 Å². The van der Waals surface area contributed by atoms with E-state index >= 15 is 0 Å². The van der Waals surface area contributed by atoms with Crippen LogP contribution in [0.4, 0.5) is 0 Å². The third-order valence-corrected chi connectivity index (χ3v) is 5.46. The van der Waals surface area contributed by atoms with Crippen LogP contribution >= 0.6 is 0 Å². The highest BCUT2D eigenvalue weighted by Crippen LogP contribution is 2.22. The molecule has 29 heavy (non-hydrogen) atoms. The summed E-state index contributed by atoms with van der Waals surface area (Å²) in [5.41, 5.74) is 0.0565. The Morgan fingerprint density at radius 3 is 2.31 bits per heavy atom. The number of carbonyl (C=O) groups is 2. The van der Waals surface area contributed by atoms with Gasteiger partial charge >= 0.3 is 5.69 Å². The maximum absolute atomic E-state index is 12.7. The van der Waals surface area contributed by atoms with E-state index < -0.39 is 11.2 Å². The van der Waals surface area contributed by atoms with E-state index in [9.17, 15) is 19.2 Å². The van der Waals surface area contributed by atoms with Gasteiger partial charge in [0.25, 0.3) is 5.56 Å². The molecule has 0 radical (unpaired) electrons. The Morgan fingerprint density at radius 1 is 0.931 bits per heavy atom. The monoisotopic (exact) mass is 391 g/mol. The number of rotatable bonds is 4. The maximum atomic E-state index is 12.7. The molecule has 7 heteroatoms. The largest absolute Gasteiger partial charge is 0.341 e. The highest BCUT2D eigenvalue weighted by atomic mass is 16.2. The van der Waals surface area contributed by atoms with Gasteiger partial charge in [-0.05, 0) is 25.0 Å². The number of ketones is 1. The van der Waals surface area contributed by atoms with Crippen LogP contribution in [0.5, 0.6) is 0 Å². The first-order chi connectivity index (χ1) is 14.0. The fourth-order valence-corrected chi connectivity index (χ4v) is 3.81. The van der Waals surface area contributed by atoms with E-state index in [2.05, 4.69) is 4.98 Å². The zero-order valence-electron chi connectivity index (χ0n) is 15.8. The summed E-state index contributed by atoms with van der Waals surface area (Å²) in [7, 11) is 0. The summed E-state index contributed by atoms with van der Waals surface area (Å²) >= 11 is 0. The highest BCUT2D eigenvalue weighted by Gasteiger charge is 2.28. The Kier molecular flexibility index (Phi) is 5.12. The number of H-pyrrole nitrogens is 1. The van der Waals surface area contributed by atoms with E-state index in [0.29, 0.717) is 42.4 Å². The first-order valence-electron chi connectivity index (χ1n) is 9.63. The summed E-state index contributed by atoms with van der Waals surface area (Å²) in [5, 5.41) is 0.368. The highest BCUT2D eigenvalue weighted by molar-refractivity contribution is 5.98. The molecular weight excluding hydrogens is 370 g/mol. The summed E-state index contributed by atoms with van der Waals surface area (Å²) in [5.74, 6) is -0.313. The quantitative estimate of drug-likeness (QED) is 0.687. The number of hydrogen-bond acceptors (Lipinski definition) is 4. The van der Waals surface area contributed by atoms with Crippen LogP contribution < -0.4 is 11.2 Å². The number of para-hydroxylation sites is 1. The summed E-state index contributed by atoms with van der Waals surface area (Å²) < 4.78 is 0.936. The van der Waals surface area contributed by atoms with Crippen LogP contribution in [-0.2, 0) is 11.3 Å². The Labute approximate surface area is 166 Å². The van der Waals surface area contributed by atoms with Gasteiger partial charge in [0.1, 0.15) is 6.54 Å². The molecule has 3 aromatic rings. The van der Waals surface area contributed by atoms with Crippen molar-refractivity contribution in [2.24, 2.45) is 5.92 Å². The lowest BCUT2D eigenvalue weighted by Gasteiger charge is -2.31. The lowest BCUT2D eigenvalue weighted by atomic mass is 9.89. The first-order valence-corrected chi connectivity index (χ1v) is 9.63. The number of fused-ring (bicyclic) bond motifs is 1. The molecule has 1 amide bonds. The molecule has 1 fully saturated rings. The number of hydrogen-bond donors (Lipinski definition) is 1. The molecule has 0 aliphatic carbocycles. The van der Waals surface area contributed by atoms with Gasteiger partial charge in [-0.3, -0.25) is 19.0 Å². The molecule has 7 nitrogen and oxygen atoms in total. The number of carbonyl (C=O) groups excluding carboxylic acids is 2. The smallest absolute Gasteiger partial charge is 0.329 e. The number of aromatic amines is 1. The third-order valence-electron chi connectivity index (χ3n) is 5.46. The van der Waals surface area contributed by atoms with E-state index in [-0.39, 0.29) is 24.2 Å². The molecule has 1 saturated heterocycles. The minimum Gasteiger partial charge on any atom is -0.341 e. The van der Waals surface area contributed by atoms with Crippen molar-refractivity contribution in [3.63, 3.8) is 0 Å². The molecule has 1 aliphatic rings. The van der Waals surface area contributed by atoms with E-state index in [0.717, 1.165) is 4.57 Å². The molecule has 0 saturated carbocycles. The van der Waals surface area contributed by atoms with Gasteiger partial charge in [0, 0.05) is 24.6 Å². The minimum absolute atomic E-state index is 0.0971. The first kappa shape index (κ1) is 18.9. The summed E-state index contributed by atoms with van der Waals surface area (Å²) in [6.45, 7) is 0.556. The van der Waals surface area contributed by atoms with E-state index in [1.807, 2.05) is 18.2 Å². The van der Waals surface area contributed by atoms with E-state index in [4.69, 9.17) is 0 Å². The van der Waals surface area contributed by atoms with Crippen molar-refractivity contribution >= 4 is 22.6 Å². The van der Waals surface area contributed by atoms with Crippen LogP contribution in [-0.4, -0.2) is 39.2 Å². The van der Waals surface area contributed by atoms with Crippen molar-refractivity contribution in [2.75, 3.05) is 13.1 Å². The number of nitrogens with zero attached hydrogens (tertiary/aromatic N) is 2. The molecule has 1 aromatic heterocycles. The second-order valence-corrected chi connectivity index (χ2v) is 7.25. The van der Waals surface area contributed by atoms with Crippen LogP contribution in [0.1, 0.15) is 23.2 Å². The van der Waals surface area contributed by atoms with Crippen molar-refractivity contribution in [1.82, 2.24) is 14.5 Å². The molecule has 0 spiro atoms. The fraction of sp³-hybridized carbons (Fsp3) is 0.273. The van der Waals surface area contributed by atoms with Gasteiger partial charge in [-0.25, -0.2) is 4.79 Å². The van der Waals surface area contributed by atoms with Crippen LogP contribution in [0.3, 0.4) is 0 Å². The van der Waals surface area contributed by atoms with Gasteiger partial charge in [-0.15, -0.1) is 0 Å². The molecule has 1 aliphatic heterocycles. The molecule has 0 bridgehead atoms. The predicted octanol–water partition coefficient (Wildman–Crippen LogP) is 1.81. The number of benzene rings is 2. The average molecular weight is 391 g/mol. The van der Waals surface area contributed by atoms with E-state index in [1.54, 1.807) is 41.3 Å². The molecule has 2 heterocycles. The molecule has 148 valence electrons. The van der Waals surface area contributed by atoms with Crippen LogP contribution in [0.2, 0.25) is 0 Å². The summed E-state index contributed by atoms with van der Waals surface area (Å²) in [4.78, 5) is 54.4. The zero-order valence-corrected chi connectivity index (χ0v) is 15.8. The average Bonchev–Trinajstić information content (AvgIpc) is 2.76. The van der Waals surface area contributed by atoms with Crippen molar-refractivity contribution < 1.29 is 9.59 Å². The Bertz CT molecular complexity index is 1170. The van der Waals surface area contributed by atoms with Gasteiger partial charge in [0.05, 0.1) is 10.9 Å². The number of aromatic nitrogens is 2. The standard InChI is InChI=1S/C22H21N3O4/c26-19(14-25-21(28)17-8-4-5-9-18(17)23-22(25)29)24-12-10-16(11-13-24)20(27)15-6-2-1-3-7-15/h1-9,16H,10-14H2,(H,23,29). The van der Waals surface area contributed by atoms with Crippen molar-refractivity contribution in [3.05, 3.63) is 81.0 Å². The predicted molar refractivity (Wildman–Crippen MR) is 109 cm³/mol. The second-order valence-electron chi connectivity index (χ2n) is 7.25. The molecule has 4 rings (SSSR count). The van der Waals surface area contributed by atoms with Crippen LogP contribution in [0, 0.1) is 5.92 Å². The Morgan fingerprint density at radius 2 is 1.59 bits per heavy atom. The van der Waals surface area contributed by atoms with Crippen LogP contribution in [0.25, 0.3) is 10.9 Å². The molecule has 0 unspecified atom stereocenters. The molecule has 2 aromatic carbocycles. The lowest BCUT2D eigenvalue weighted by molar-refractivity contribution is -0.133. The number of amides is 1. The minimum atomic E-state index is -0.601. The Hall–Kier alpha value is -3.48. The zero-order chi connectivity index (χ0) is 20.4. The summed E-state index contributed by atoms with van der Waals surface area (Å²) in [6, 6.07) is 15.9. The van der Waals surface area contributed by atoms with Gasteiger partial charge in [-0.2, -0.15) is 0 Å². The number of nitrogens with one attached hydrogen (secondary N) is 1. The number of likely N-dealkylation sites (tertiary alicyclic amines) is 1. The SMILES string of the molecule is O=C(c1ccccc1)C1CCN(C(=O)Cn2c(=O)[nH]c3ccccc3c2=O)CC1. The second kappa shape index (κ2) is 7.87. The topological polar surface area (TPSA) is 92.2 Å². The van der Waals surface area contributed by atoms with Gasteiger partial charge in [0.15, 0.2) is 5.78 Å². The van der Waals surface area contributed by atoms with Crippen molar-refractivity contribution in [1.29, 1.82) is 0 Å². The van der Waals surface area contributed by atoms with E-state index in [1.165, 1.54) is 0 Å². The fourth-order valence-electron chi connectivity index (χ4n) is 3.81. The number of Topliss-reactive ketones (excluding diaryl/α,β-unsaturated/α-hetero) is 1. The van der Waals surface area contributed by atoms with Gasteiger partial charge in [-0.1, -0.05) is 42.5 Å². The van der Waals surface area contributed by atoms with Crippen molar-refractivity contribution in [3.8, 4) is 0 Å². The molecule has 1 N–H and O–H groups in total. The molecular formula is C22H21N3O4. The number of piperidine rings is 1. The van der Waals surface area contributed by atoms with Crippen molar-refractivity contribution in [2.45, 2.75) is 19.4 Å². The Balaban J connectivity index is 1.45. The third kappa shape index (κ3) is 3.76. The van der Waals surface area contributed by atoms with Gasteiger partial charge < -0.3 is 9.88 Å². The lowest BCUT2D eigenvalue weighted by Crippen LogP contribution is -2.45. The normalized spacial score (nSPS) is 14.8. The molecule has 0 atom stereocenters. The summed E-state index contributed by atoms with van der Waals surface area (Å²) in [6.07, 6.45) is 1.14. The van der Waals surface area contributed by atoms with Gasteiger partial charge in [0.2, 0.25) is 5.91 Å². The maximum Gasteiger partial charge on any atom is 0.329 e.